The van der Waals surface area contributed by atoms with Gasteiger partial charge >= 0.3 is 0 Å². The van der Waals surface area contributed by atoms with E-state index in [1.54, 1.807) is 0 Å². The number of rotatable bonds is 7. The maximum absolute atomic E-state index is 7.51. The lowest BCUT2D eigenvalue weighted by atomic mass is 9.87. The summed E-state index contributed by atoms with van der Waals surface area (Å²) < 4.78 is 5.76. The Labute approximate surface area is 116 Å². The Morgan fingerprint density at radius 3 is 2.63 bits per heavy atom. The van der Waals surface area contributed by atoms with Gasteiger partial charge in [-0.3, -0.25) is 5.41 Å². The molecular weight excluding hydrogens is 236 g/mol. The minimum absolute atomic E-state index is 0.233. The molecule has 0 fully saturated rings. The lowest BCUT2D eigenvalue weighted by molar-refractivity contribution is 0.286. The van der Waals surface area contributed by atoms with Gasteiger partial charge in [0.05, 0.1) is 12.4 Å². The first-order valence-electron chi connectivity index (χ1n) is 6.90. The van der Waals surface area contributed by atoms with Crippen LogP contribution in [0.15, 0.2) is 24.3 Å². The third-order valence-electron chi connectivity index (χ3n) is 3.47. The summed E-state index contributed by atoms with van der Waals surface area (Å²) >= 11 is 0. The van der Waals surface area contributed by atoms with Crippen molar-refractivity contribution in [1.82, 2.24) is 0 Å². The van der Waals surface area contributed by atoms with E-state index in [0.29, 0.717) is 12.5 Å². The summed E-state index contributed by atoms with van der Waals surface area (Å²) in [4.78, 5) is 0. The molecule has 0 aliphatic heterocycles. The number of nitrogens with two attached hydrogens (primary N) is 1. The van der Waals surface area contributed by atoms with Gasteiger partial charge in [0.15, 0.2) is 0 Å². The first-order valence-corrected chi connectivity index (χ1v) is 6.90. The van der Waals surface area contributed by atoms with E-state index in [4.69, 9.17) is 15.9 Å². The van der Waals surface area contributed by atoms with Crippen LogP contribution in [0.1, 0.15) is 52.0 Å². The SMILES string of the molecule is CC(C)c1cccc(OCCCC(C)(C)C(=N)N)c1. The normalized spacial score (nSPS) is 11.6. The van der Waals surface area contributed by atoms with Crippen LogP contribution in [-0.2, 0) is 0 Å². The predicted molar refractivity (Wildman–Crippen MR) is 81.0 cm³/mol. The molecule has 0 unspecified atom stereocenters. The number of hydrogen-bond acceptors (Lipinski definition) is 2. The van der Waals surface area contributed by atoms with Crippen molar-refractivity contribution in [3.63, 3.8) is 0 Å². The first kappa shape index (κ1) is 15.5. The van der Waals surface area contributed by atoms with Crippen LogP contribution in [-0.4, -0.2) is 12.4 Å². The van der Waals surface area contributed by atoms with E-state index in [-0.39, 0.29) is 11.3 Å². The molecule has 0 aliphatic rings. The van der Waals surface area contributed by atoms with E-state index in [0.717, 1.165) is 18.6 Å². The largest absolute Gasteiger partial charge is 0.494 e. The summed E-state index contributed by atoms with van der Waals surface area (Å²) in [6, 6.07) is 8.24. The lowest BCUT2D eigenvalue weighted by Crippen LogP contribution is -2.31. The van der Waals surface area contributed by atoms with Gasteiger partial charge in [0.25, 0.3) is 0 Å². The predicted octanol–water partition coefficient (Wildman–Crippen LogP) is 3.93. The van der Waals surface area contributed by atoms with Crippen molar-refractivity contribution in [1.29, 1.82) is 5.41 Å². The maximum atomic E-state index is 7.51. The van der Waals surface area contributed by atoms with Crippen LogP contribution < -0.4 is 10.5 Å². The zero-order valence-corrected chi connectivity index (χ0v) is 12.5. The molecule has 0 radical (unpaired) electrons. The third-order valence-corrected chi connectivity index (χ3v) is 3.47. The van der Waals surface area contributed by atoms with Crippen LogP contribution in [0.2, 0.25) is 0 Å². The fourth-order valence-electron chi connectivity index (χ4n) is 1.80. The van der Waals surface area contributed by atoms with E-state index in [1.165, 1.54) is 5.56 Å². The van der Waals surface area contributed by atoms with Crippen molar-refractivity contribution in [3.05, 3.63) is 29.8 Å². The standard InChI is InChI=1S/C16H26N2O/c1-12(2)13-7-5-8-14(11-13)19-10-6-9-16(3,4)15(17)18/h5,7-8,11-12H,6,9-10H2,1-4H3,(H3,17,18). The smallest absolute Gasteiger partial charge is 0.119 e. The van der Waals surface area contributed by atoms with Gasteiger partial charge in [-0.25, -0.2) is 0 Å². The minimum atomic E-state index is -0.233. The molecule has 0 saturated heterocycles. The van der Waals surface area contributed by atoms with Gasteiger partial charge in [-0.1, -0.05) is 39.8 Å². The van der Waals surface area contributed by atoms with Crippen LogP contribution in [0.4, 0.5) is 0 Å². The average molecular weight is 262 g/mol. The van der Waals surface area contributed by atoms with Crippen molar-refractivity contribution >= 4 is 5.84 Å². The molecule has 3 heteroatoms. The molecule has 0 heterocycles. The second-order valence-corrected chi connectivity index (χ2v) is 5.98. The number of hydrogen-bond donors (Lipinski definition) is 2. The molecule has 1 rings (SSSR count). The second-order valence-electron chi connectivity index (χ2n) is 5.98. The van der Waals surface area contributed by atoms with Gasteiger partial charge in [0.1, 0.15) is 5.75 Å². The highest BCUT2D eigenvalue weighted by molar-refractivity contribution is 5.82. The molecule has 1 aromatic carbocycles. The maximum Gasteiger partial charge on any atom is 0.119 e. The van der Waals surface area contributed by atoms with Crippen molar-refractivity contribution in [2.45, 2.75) is 46.5 Å². The lowest BCUT2D eigenvalue weighted by Gasteiger charge is -2.22. The Morgan fingerprint density at radius 2 is 2.05 bits per heavy atom. The highest BCUT2D eigenvalue weighted by Gasteiger charge is 2.20. The van der Waals surface area contributed by atoms with E-state index in [9.17, 15) is 0 Å². The van der Waals surface area contributed by atoms with Crippen LogP contribution in [0.5, 0.6) is 5.75 Å². The van der Waals surface area contributed by atoms with E-state index < -0.39 is 0 Å². The van der Waals surface area contributed by atoms with Crippen LogP contribution in [0.25, 0.3) is 0 Å². The zero-order valence-electron chi connectivity index (χ0n) is 12.5. The van der Waals surface area contributed by atoms with Crippen LogP contribution >= 0.6 is 0 Å². The molecule has 0 bridgehead atoms. The van der Waals surface area contributed by atoms with E-state index >= 15 is 0 Å². The fourth-order valence-corrected chi connectivity index (χ4v) is 1.80. The van der Waals surface area contributed by atoms with E-state index in [1.807, 2.05) is 26.0 Å². The molecule has 19 heavy (non-hydrogen) atoms. The molecule has 3 nitrogen and oxygen atoms in total. The molecule has 0 spiro atoms. The van der Waals surface area contributed by atoms with Gasteiger partial charge in [0.2, 0.25) is 0 Å². The van der Waals surface area contributed by atoms with Gasteiger partial charge in [-0.15, -0.1) is 0 Å². The van der Waals surface area contributed by atoms with Gasteiger partial charge in [-0.05, 0) is 36.5 Å². The van der Waals surface area contributed by atoms with Crippen molar-refractivity contribution < 1.29 is 4.74 Å². The Balaban J connectivity index is 2.42. The van der Waals surface area contributed by atoms with Crippen molar-refractivity contribution in [2.75, 3.05) is 6.61 Å². The van der Waals surface area contributed by atoms with Gasteiger partial charge in [-0.2, -0.15) is 0 Å². The Hall–Kier alpha value is -1.51. The van der Waals surface area contributed by atoms with Crippen molar-refractivity contribution in [2.24, 2.45) is 11.1 Å². The number of amidine groups is 1. The summed E-state index contributed by atoms with van der Waals surface area (Å²) in [6.45, 7) is 9.00. The molecular formula is C16H26N2O. The van der Waals surface area contributed by atoms with Crippen LogP contribution in [0.3, 0.4) is 0 Å². The number of ether oxygens (including phenoxy) is 1. The van der Waals surface area contributed by atoms with Crippen LogP contribution in [0, 0.1) is 10.8 Å². The minimum Gasteiger partial charge on any atom is -0.494 e. The quantitative estimate of drug-likeness (QED) is 0.444. The van der Waals surface area contributed by atoms with Gasteiger partial charge in [0, 0.05) is 5.41 Å². The molecule has 0 aromatic heterocycles. The van der Waals surface area contributed by atoms with E-state index in [2.05, 4.69) is 26.0 Å². The Morgan fingerprint density at radius 1 is 1.37 bits per heavy atom. The molecule has 0 amide bonds. The van der Waals surface area contributed by atoms with Gasteiger partial charge < -0.3 is 10.5 Å². The molecule has 0 aliphatic carbocycles. The molecule has 3 N–H and O–H groups in total. The molecule has 0 saturated carbocycles. The average Bonchev–Trinajstić information content (AvgIpc) is 2.35. The molecule has 106 valence electrons. The molecule has 1 aromatic rings. The monoisotopic (exact) mass is 262 g/mol. The number of nitrogens with one attached hydrogen (secondary N) is 1. The third kappa shape index (κ3) is 4.93. The number of benzene rings is 1. The summed E-state index contributed by atoms with van der Waals surface area (Å²) in [6.07, 6.45) is 1.77. The summed E-state index contributed by atoms with van der Waals surface area (Å²) in [7, 11) is 0. The highest BCUT2D eigenvalue weighted by Crippen LogP contribution is 2.23. The zero-order chi connectivity index (χ0) is 14.5. The first-order chi connectivity index (χ1) is 8.83. The van der Waals surface area contributed by atoms with Crippen molar-refractivity contribution in [3.8, 4) is 5.75 Å². The Kier molecular flexibility index (Phi) is 5.40. The second kappa shape index (κ2) is 6.60. The molecule has 0 atom stereocenters. The topological polar surface area (TPSA) is 59.1 Å². The summed E-state index contributed by atoms with van der Waals surface area (Å²) in [5, 5.41) is 7.51. The Bertz CT molecular complexity index is 425. The fraction of sp³-hybridized carbons (Fsp3) is 0.562. The highest BCUT2D eigenvalue weighted by atomic mass is 16.5. The summed E-state index contributed by atoms with van der Waals surface area (Å²) in [5.41, 5.74) is 6.62. The summed E-state index contributed by atoms with van der Waals surface area (Å²) in [5.74, 6) is 1.68.